The quantitative estimate of drug-likeness (QED) is 0.238. The summed E-state index contributed by atoms with van der Waals surface area (Å²) in [6.45, 7) is 6.53. The van der Waals surface area contributed by atoms with Crippen molar-refractivity contribution in [1.29, 1.82) is 0 Å². The minimum atomic E-state index is 0. The molecule has 1 aliphatic heterocycles. The van der Waals surface area contributed by atoms with Gasteiger partial charge in [0.05, 0.1) is 27.4 Å². The minimum absolute atomic E-state index is 0. The summed E-state index contributed by atoms with van der Waals surface area (Å²) in [5.41, 5.74) is 1.06. The van der Waals surface area contributed by atoms with Crippen molar-refractivity contribution in [3.05, 3.63) is 23.8 Å². The first-order valence-electron chi connectivity index (χ1n) is 9.22. The first-order chi connectivity index (χ1) is 12.8. The molecule has 1 fully saturated rings. The van der Waals surface area contributed by atoms with Crippen LogP contribution in [0.3, 0.4) is 0 Å². The van der Waals surface area contributed by atoms with Gasteiger partial charge in [0.25, 0.3) is 0 Å². The highest BCUT2D eigenvalue weighted by Gasteiger charge is 2.09. The molecule has 1 heterocycles. The number of guanidine groups is 1. The third-order valence-electron chi connectivity index (χ3n) is 4.46. The van der Waals surface area contributed by atoms with E-state index in [4.69, 9.17) is 14.2 Å². The predicted octanol–water partition coefficient (Wildman–Crippen LogP) is 2.10. The van der Waals surface area contributed by atoms with Crippen molar-refractivity contribution >= 4 is 29.9 Å². The number of morpholine rings is 1. The lowest BCUT2D eigenvalue weighted by molar-refractivity contribution is 0.0372. The van der Waals surface area contributed by atoms with Gasteiger partial charge in [-0.25, -0.2) is 0 Å². The second kappa shape index (κ2) is 13.8. The number of nitrogens with zero attached hydrogens (tertiary/aromatic N) is 2. The molecule has 0 spiro atoms. The fourth-order valence-corrected chi connectivity index (χ4v) is 2.89. The Morgan fingerprint density at radius 2 is 1.93 bits per heavy atom. The molecular formula is C19H33IN4O3. The van der Waals surface area contributed by atoms with Gasteiger partial charge < -0.3 is 24.8 Å². The van der Waals surface area contributed by atoms with Gasteiger partial charge in [-0.05, 0) is 31.5 Å². The predicted molar refractivity (Wildman–Crippen MR) is 120 cm³/mol. The molecule has 0 aromatic heterocycles. The zero-order valence-electron chi connectivity index (χ0n) is 16.6. The van der Waals surface area contributed by atoms with Gasteiger partial charge in [-0.1, -0.05) is 0 Å². The smallest absolute Gasteiger partial charge is 0.191 e. The van der Waals surface area contributed by atoms with Crippen LogP contribution in [0.1, 0.15) is 18.4 Å². The molecule has 0 bridgehead atoms. The number of unbranched alkanes of at least 4 members (excludes halogenated alkanes) is 1. The molecule has 1 aliphatic rings. The van der Waals surface area contributed by atoms with Gasteiger partial charge in [0.1, 0.15) is 11.5 Å². The molecule has 8 heteroatoms. The van der Waals surface area contributed by atoms with E-state index in [-0.39, 0.29) is 24.0 Å². The number of hydrogen-bond donors (Lipinski definition) is 2. The number of methoxy groups -OCH3 is 2. The first-order valence-corrected chi connectivity index (χ1v) is 9.22. The molecular weight excluding hydrogens is 459 g/mol. The normalized spacial score (nSPS) is 15.0. The van der Waals surface area contributed by atoms with Gasteiger partial charge in [-0.3, -0.25) is 9.89 Å². The van der Waals surface area contributed by atoms with Gasteiger partial charge in [-0.2, -0.15) is 0 Å². The summed E-state index contributed by atoms with van der Waals surface area (Å²) in [6, 6.07) is 5.82. The SMILES string of the molecule is CN=C(NCCCCN1CCOCC1)NCc1ccc(OC)cc1OC.I. The van der Waals surface area contributed by atoms with E-state index in [0.29, 0.717) is 6.54 Å². The Kier molecular flexibility index (Phi) is 12.2. The van der Waals surface area contributed by atoms with Crippen LogP contribution in [0.15, 0.2) is 23.2 Å². The topological polar surface area (TPSA) is 67.4 Å². The van der Waals surface area contributed by atoms with Crippen LogP contribution in [-0.4, -0.2) is 71.5 Å². The zero-order chi connectivity index (χ0) is 18.6. The number of hydrogen-bond acceptors (Lipinski definition) is 5. The van der Waals surface area contributed by atoms with Crippen molar-refractivity contribution in [3.8, 4) is 11.5 Å². The third-order valence-corrected chi connectivity index (χ3v) is 4.46. The molecule has 0 aliphatic carbocycles. The van der Waals surface area contributed by atoms with Crippen LogP contribution in [0.5, 0.6) is 11.5 Å². The molecule has 0 amide bonds. The summed E-state index contributed by atoms with van der Waals surface area (Å²) in [7, 11) is 5.10. The molecule has 2 N–H and O–H groups in total. The third kappa shape index (κ3) is 8.52. The lowest BCUT2D eigenvalue weighted by atomic mass is 10.2. The van der Waals surface area contributed by atoms with Gasteiger partial charge >= 0.3 is 0 Å². The average molecular weight is 492 g/mol. The Labute approximate surface area is 179 Å². The average Bonchev–Trinajstić information content (AvgIpc) is 2.70. The second-order valence-electron chi connectivity index (χ2n) is 6.19. The van der Waals surface area contributed by atoms with Crippen LogP contribution >= 0.6 is 24.0 Å². The monoisotopic (exact) mass is 492 g/mol. The molecule has 2 rings (SSSR count). The Bertz CT molecular complexity index is 566. The maximum atomic E-state index is 5.43. The van der Waals surface area contributed by atoms with E-state index in [0.717, 1.165) is 68.8 Å². The van der Waals surface area contributed by atoms with Crippen LogP contribution < -0.4 is 20.1 Å². The van der Waals surface area contributed by atoms with Gasteiger partial charge in [0.2, 0.25) is 0 Å². The van der Waals surface area contributed by atoms with E-state index in [1.54, 1.807) is 21.3 Å². The Morgan fingerprint density at radius 1 is 1.15 bits per heavy atom. The lowest BCUT2D eigenvalue weighted by Crippen LogP contribution is -2.38. The van der Waals surface area contributed by atoms with Gasteiger partial charge in [0.15, 0.2) is 5.96 Å². The van der Waals surface area contributed by atoms with Crippen molar-refractivity contribution < 1.29 is 14.2 Å². The van der Waals surface area contributed by atoms with Crippen LogP contribution in [0.2, 0.25) is 0 Å². The van der Waals surface area contributed by atoms with Crippen LogP contribution in [-0.2, 0) is 11.3 Å². The Morgan fingerprint density at radius 3 is 2.59 bits per heavy atom. The van der Waals surface area contributed by atoms with E-state index < -0.39 is 0 Å². The molecule has 1 aromatic rings. The molecule has 0 radical (unpaired) electrons. The molecule has 1 saturated heterocycles. The van der Waals surface area contributed by atoms with Crippen LogP contribution in [0.4, 0.5) is 0 Å². The second-order valence-corrected chi connectivity index (χ2v) is 6.19. The number of rotatable bonds is 9. The number of halogens is 1. The maximum Gasteiger partial charge on any atom is 0.191 e. The van der Waals surface area contributed by atoms with Crippen molar-refractivity contribution in [2.45, 2.75) is 19.4 Å². The van der Waals surface area contributed by atoms with Crippen molar-refractivity contribution in [3.63, 3.8) is 0 Å². The van der Waals surface area contributed by atoms with Gasteiger partial charge in [0, 0.05) is 44.9 Å². The largest absolute Gasteiger partial charge is 0.497 e. The van der Waals surface area contributed by atoms with E-state index in [1.807, 2.05) is 18.2 Å². The highest BCUT2D eigenvalue weighted by atomic mass is 127. The zero-order valence-corrected chi connectivity index (χ0v) is 19.0. The molecule has 0 unspecified atom stereocenters. The molecule has 7 nitrogen and oxygen atoms in total. The first kappa shape index (κ1) is 23.8. The van der Waals surface area contributed by atoms with E-state index in [2.05, 4.69) is 20.5 Å². The maximum absolute atomic E-state index is 5.43. The highest BCUT2D eigenvalue weighted by Crippen LogP contribution is 2.24. The summed E-state index contributed by atoms with van der Waals surface area (Å²) < 4.78 is 16.0. The van der Waals surface area contributed by atoms with Crippen molar-refractivity contribution in [2.75, 3.05) is 60.7 Å². The van der Waals surface area contributed by atoms with Crippen LogP contribution in [0, 0.1) is 0 Å². The summed E-state index contributed by atoms with van der Waals surface area (Å²) in [5, 5.41) is 6.70. The molecule has 0 saturated carbocycles. The van der Waals surface area contributed by atoms with E-state index in [9.17, 15) is 0 Å². The van der Waals surface area contributed by atoms with Crippen molar-refractivity contribution in [1.82, 2.24) is 15.5 Å². The molecule has 27 heavy (non-hydrogen) atoms. The standard InChI is InChI=1S/C19H32N4O3.HI/c1-20-19(21-8-4-5-9-23-10-12-26-13-11-23)22-15-16-6-7-17(24-2)14-18(16)25-3;/h6-7,14H,4-5,8-13,15H2,1-3H3,(H2,20,21,22);1H. The van der Waals surface area contributed by atoms with Gasteiger partial charge in [-0.15, -0.1) is 24.0 Å². The fraction of sp³-hybridized carbons (Fsp3) is 0.632. The molecule has 1 aromatic carbocycles. The van der Waals surface area contributed by atoms with Crippen molar-refractivity contribution in [2.24, 2.45) is 4.99 Å². The molecule has 154 valence electrons. The highest BCUT2D eigenvalue weighted by molar-refractivity contribution is 14.0. The summed E-state index contributed by atoms with van der Waals surface area (Å²) >= 11 is 0. The van der Waals surface area contributed by atoms with E-state index >= 15 is 0 Å². The number of nitrogens with one attached hydrogen (secondary N) is 2. The lowest BCUT2D eigenvalue weighted by Gasteiger charge is -2.26. The van der Waals surface area contributed by atoms with E-state index in [1.165, 1.54) is 6.42 Å². The minimum Gasteiger partial charge on any atom is -0.497 e. The number of benzene rings is 1. The fourth-order valence-electron chi connectivity index (χ4n) is 2.89. The summed E-state index contributed by atoms with van der Waals surface area (Å²) in [4.78, 5) is 6.75. The summed E-state index contributed by atoms with van der Waals surface area (Å²) in [5.74, 6) is 2.39. The Balaban J connectivity index is 0.00000364. The summed E-state index contributed by atoms with van der Waals surface area (Å²) in [6.07, 6.45) is 2.29. The Hall–Kier alpha value is -1.26. The van der Waals surface area contributed by atoms with Crippen LogP contribution in [0.25, 0.3) is 0 Å². The number of aliphatic imine (C=N–C) groups is 1. The number of ether oxygens (including phenoxy) is 3. The molecule has 0 atom stereocenters.